The molecule has 0 atom stereocenters. The van der Waals surface area contributed by atoms with Crippen molar-refractivity contribution in [1.82, 2.24) is 0 Å². The molecule has 0 amide bonds. The SMILES string of the molecule is Clc1ccc(CNc2ccccc2-c2cccs2)c(Cl)c1. The van der Waals surface area contributed by atoms with Crippen molar-refractivity contribution >= 4 is 40.2 Å². The Morgan fingerprint density at radius 2 is 1.81 bits per heavy atom. The first-order valence-electron chi connectivity index (χ1n) is 6.55. The van der Waals surface area contributed by atoms with E-state index in [9.17, 15) is 0 Å². The second-order valence-corrected chi connectivity index (χ2v) is 6.40. The summed E-state index contributed by atoms with van der Waals surface area (Å²) in [7, 11) is 0. The monoisotopic (exact) mass is 333 g/mol. The van der Waals surface area contributed by atoms with E-state index in [0.717, 1.165) is 11.3 Å². The van der Waals surface area contributed by atoms with Crippen LogP contribution in [0.15, 0.2) is 60.0 Å². The Kier molecular flexibility index (Phi) is 4.49. The first-order valence-corrected chi connectivity index (χ1v) is 8.18. The van der Waals surface area contributed by atoms with Crippen LogP contribution in [-0.2, 0) is 6.54 Å². The van der Waals surface area contributed by atoms with E-state index in [1.165, 1.54) is 10.4 Å². The van der Waals surface area contributed by atoms with Crippen molar-refractivity contribution < 1.29 is 0 Å². The van der Waals surface area contributed by atoms with Gasteiger partial charge in [0.2, 0.25) is 0 Å². The molecule has 0 saturated carbocycles. The molecule has 106 valence electrons. The molecule has 0 bridgehead atoms. The molecule has 3 rings (SSSR count). The Bertz CT molecular complexity index is 738. The van der Waals surface area contributed by atoms with E-state index in [-0.39, 0.29) is 0 Å². The molecule has 2 aromatic carbocycles. The van der Waals surface area contributed by atoms with Crippen LogP contribution in [0, 0.1) is 0 Å². The number of hydrogen-bond donors (Lipinski definition) is 1. The molecule has 0 radical (unpaired) electrons. The van der Waals surface area contributed by atoms with Gasteiger partial charge in [0.05, 0.1) is 0 Å². The second-order valence-electron chi connectivity index (χ2n) is 4.61. The Hall–Kier alpha value is -1.48. The quantitative estimate of drug-likeness (QED) is 0.587. The van der Waals surface area contributed by atoms with Gasteiger partial charge in [0.15, 0.2) is 0 Å². The van der Waals surface area contributed by atoms with Crippen molar-refractivity contribution in [2.24, 2.45) is 0 Å². The molecule has 0 saturated heterocycles. The van der Waals surface area contributed by atoms with Crippen LogP contribution in [0.5, 0.6) is 0 Å². The summed E-state index contributed by atoms with van der Waals surface area (Å²) in [6.45, 7) is 0.665. The number of anilines is 1. The van der Waals surface area contributed by atoms with E-state index in [0.29, 0.717) is 16.6 Å². The van der Waals surface area contributed by atoms with Gasteiger partial charge in [-0.1, -0.05) is 53.5 Å². The molecule has 1 heterocycles. The van der Waals surface area contributed by atoms with Crippen molar-refractivity contribution in [3.05, 3.63) is 75.6 Å². The highest BCUT2D eigenvalue weighted by Gasteiger charge is 2.06. The number of benzene rings is 2. The fraction of sp³-hybridized carbons (Fsp3) is 0.0588. The molecule has 0 aliphatic heterocycles. The van der Waals surface area contributed by atoms with Gasteiger partial charge in [0.1, 0.15) is 0 Å². The van der Waals surface area contributed by atoms with E-state index < -0.39 is 0 Å². The average Bonchev–Trinajstić information content (AvgIpc) is 3.01. The highest BCUT2D eigenvalue weighted by Crippen LogP contribution is 2.32. The molecule has 4 heteroatoms. The predicted molar refractivity (Wildman–Crippen MR) is 93.5 cm³/mol. The molecule has 1 N–H and O–H groups in total. The topological polar surface area (TPSA) is 12.0 Å². The number of nitrogens with one attached hydrogen (secondary N) is 1. The van der Waals surface area contributed by atoms with Gasteiger partial charge in [-0.25, -0.2) is 0 Å². The smallest absolute Gasteiger partial charge is 0.0470 e. The lowest BCUT2D eigenvalue weighted by atomic mass is 10.1. The fourth-order valence-corrected chi connectivity index (χ4v) is 3.38. The molecule has 1 aromatic heterocycles. The van der Waals surface area contributed by atoms with Crippen LogP contribution in [0.4, 0.5) is 5.69 Å². The van der Waals surface area contributed by atoms with E-state index in [1.54, 1.807) is 17.4 Å². The molecular formula is C17H13Cl2NS. The molecule has 0 aliphatic rings. The minimum absolute atomic E-state index is 0.655. The Balaban J connectivity index is 1.83. The van der Waals surface area contributed by atoms with Gasteiger partial charge in [-0.3, -0.25) is 0 Å². The van der Waals surface area contributed by atoms with Crippen molar-refractivity contribution in [3.63, 3.8) is 0 Å². The number of hydrogen-bond acceptors (Lipinski definition) is 2. The number of thiophene rings is 1. The maximum Gasteiger partial charge on any atom is 0.0470 e. The number of halogens is 2. The van der Waals surface area contributed by atoms with Gasteiger partial charge >= 0.3 is 0 Å². The normalized spacial score (nSPS) is 10.6. The van der Waals surface area contributed by atoms with Gasteiger partial charge in [-0.15, -0.1) is 11.3 Å². The lowest BCUT2D eigenvalue weighted by Crippen LogP contribution is -2.01. The Morgan fingerprint density at radius 1 is 0.952 bits per heavy atom. The third-order valence-electron chi connectivity index (χ3n) is 3.20. The van der Waals surface area contributed by atoms with Crippen LogP contribution in [-0.4, -0.2) is 0 Å². The van der Waals surface area contributed by atoms with Crippen molar-refractivity contribution in [1.29, 1.82) is 0 Å². The van der Waals surface area contributed by atoms with Crippen molar-refractivity contribution in [2.45, 2.75) is 6.54 Å². The average molecular weight is 334 g/mol. The largest absolute Gasteiger partial charge is 0.380 e. The predicted octanol–water partition coefficient (Wildman–Crippen LogP) is 6.33. The van der Waals surface area contributed by atoms with Crippen LogP contribution < -0.4 is 5.32 Å². The Morgan fingerprint density at radius 3 is 2.57 bits per heavy atom. The van der Waals surface area contributed by atoms with Crippen molar-refractivity contribution in [2.75, 3.05) is 5.32 Å². The van der Waals surface area contributed by atoms with Crippen LogP contribution >= 0.6 is 34.5 Å². The van der Waals surface area contributed by atoms with Crippen LogP contribution in [0.25, 0.3) is 10.4 Å². The zero-order chi connectivity index (χ0) is 14.7. The highest BCUT2D eigenvalue weighted by atomic mass is 35.5. The van der Waals surface area contributed by atoms with Gasteiger partial charge in [-0.05, 0) is 35.2 Å². The molecule has 0 fully saturated rings. The third-order valence-corrected chi connectivity index (χ3v) is 4.69. The summed E-state index contributed by atoms with van der Waals surface area (Å²) in [5, 5.41) is 6.88. The lowest BCUT2D eigenvalue weighted by Gasteiger charge is -2.12. The molecule has 0 spiro atoms. The maximum atomic E-state index is 6.21. The standard InChI is InChI=1S/C17H13Cl2NS/c18-13-8-7-12(15(19)10-13)11-20-16-5-2-1-4-14(16)17-6-3-9-21-17/h1-10,20H,11H2. The summed E-state index contributed by atoms with van der Waals surface area (Å²) in [6, 6.07) is 18.1. The zero-order valence-electron chi connectivity index (χ0n) is 11.1. The summed E-state index contributed by atoms with van der Waals surface area (Å²) in [5.74, 6) is 0. The zero-order valence-corrected chi connectivity index (χ0v) is 13.5. The minimum Gasteiger partial charge on any atom is -0.380 e. The summed E-state index contributed by atoms with van der Waals surface area (Å²) >= 11 is 13.9. The fourth-order valence-electron chi connectivity index (χ4n) is 2.14. The summed E-state index contributed by atoms with van der Waals surface area (Å²) < 4.78 is 0. The molecular weight excluding hydrogens is 321 g/mol. The summed E-state index contributed by atoms with van der Waals surface area (Å²) in [6.07, 6.45) is 0. The van der Waals surface area contributed by atoms with Crippen molar-refractivity contribution in [3.8, 4) is 10.4 Å². The molecule has 1 nitrogen and oxygen atoms in total. The summed E-state index contributed by atoms with van der Waals surface area (Å²) in [5.41, 5.74) is 3.34. The molecule has 3 aromatic rings. The molecule has 0 unspecified atom stereocenters. The second kappa shape index (κ2) is 6.52. The van der Waals surface area contributed by atoms with E-state index >= 15 is 0 Å². The van der Waals surface area contributed by atoms with Gasteiger partial charge < -0.3 is 5.32 Å². The third kappa shape index (κ3) is 3.41. The lowest BCUT2D eigenvalue weighted by molar-refractivity contribution is 1.15. The van der Waals surface area contributed by atoms with Crippen LogP contribution in [0.3, 0.4) is 0 Å². The van der Waals surface area contributed by atoms with E-state index in [1.807, 2.05) is 18.2 Å². The maximum absolute atomic E-state index is 6.21. The summed E-state index contributed by atoms with van der Waals surface area (Å²) in [4.78, 5) is 1.25. The number of para-hydroxylation sites is 1. The van der Waals surface area contributed by atoms with Gasteiger partial charge in [-0.2, -0.15) is 0 Å². The van der Waals surface area contributed by atoms with Gasteiger partial charge in [0, 0.05) is 32.7 Å². The Labute approximate surface area is 138 Å². The van der Waals surface area contributed by atoms with E-state index in [2.05, 4.69) is 41.0 Å². The number of rotatable bonds is 4. The van der Waals surface area contributed by atoms with Gasteiger partial charge in [0.25, 0.3) is 0 Å². The molecule has 0 aliphatic carbocycles. The first-order chi connectivity index (χ1) is 10.2. The highest BCUT2D eigenvalue weighted by molar-refractivity contribution is 7.13. The van der Waals surface area contributed by atoms with E-state index in [4.69, 9.17) is 23.2 Å². The first kappa shape index (κ1) is 14.5. The minimum atomic E-state index is 0.655. The van der Waals surface area contributed by atoms with Crippen LogP contribution in [0.1, 0.15) is 5.56 Å². The molecule has 21 heavy (non-hydrogen) atoms. The van der Waals surface area contributed by atoms with Crippen LogP contribution in [0.2, 0.25) is 10.0 Å².